The molecule has 0 saturated carbocycles. The van der Waals surface area contributed by atoms with Crippen LogP contribution in [0, 0.1) is 17.2 Å². The Morgan fingerprint density at radius 3 is 2.54 bits per heavy atom. The molecule has 2 heterocycles. The zero-order valence-corrected chi connectivity index (χ0v) is 13.2. The number of anilines is 1. The van der Waals surface area contributed by atoms with Crippen LogP contribution in [0.4, 0.5) is 10.5 Å². The molecule has 126 valence electrons. The van der Waals surface area contributed by atoms with Gasteiger partial charge in [-0.15, -0.1) is 0 Å². The van der Waals surface area contributed by atoms with Crippen LogP contribution in [0.1, 0.15) is 18.4 Å². The van der Waals surface area contributed by atoms with Gasteiger partial charge in [-0.25, -0.2) is 4.79 Å². The Morgan fingerprint density at radius 1 is 1.29 bits per heavy atom. The molecule has 0 aromatic heterocycles. The van der Waals surface area contributed by atoms with E-state index >= 15 is 0 Å². The van der Waals surface area contributed by atoms with E-state index in [-0.39, 0.29) is 18.1 Å². The SMILES string of the molecule is N#Cc1ccc(N2C[C@@H](CN3CCC(C(=O)O)CC3)OC2=O)cc1. The maximum absolute atomic E-state index is 12.1. The molecule has 1 amide bonds. The van der Waals surface area contributed by atoms with Crippen LogP contribution in [0.15, 0.2) is 24.3 Å². The number of nitrogens with zero attached hydrogens (tertiary/aromatic N) is 3. The van der Waals surface area contributed by atoms with Gasteiger partial charge in [-0.3, -0.25) is 14.6 Å². The van der Waals surface area contributed by atoms with Crippen LogP contribution in [0.3, 0.4) is 0 Å². The largest absolute Gasteiger partial charge is 0.481 e. The third-order valence-corrected chi connectivity index (χ3v) is 4.58. The predicted octanol–water partition coefficient (Wildman–Crippen LogP) is 1.68. The van der Waals surface area contributed by atoms with Crippen LogP contribution in [0.25, 0.3) is 0 Å². The van der Waals surface area contributed by atoms with E-state index < -0.39 is 5.97 Å². The van der Waals surface area contributed by atoms with Gasteiger partial charge in [0.1, 0.15) is 6.10 Å². The maximum Gasteiger partial charge on any atom is 0.414 e. The molecule has 0 unspecified atom stereocenters. The Balaban J connectivity index is 1.55. The monoisotopic (exact) mass is 329 g/mol. The van der Waals surface area contributed by atoms with Crippen molar-refractivity contribution in [3.63, 3.8) is 0 Å². The summed E-state index contributed by atoms with van der Waals surface area (Å²) >= 11 is 0. The number of benzene rings is 1. The highest BCUT2D eigenvalue weighted by Gasteiger charge is 2.34. The Labute approximate surface area is 140 Å². The fourth-order valence-corrected chi connectivity index (χ4v) is 3.19. The fraction of sp³-hybridized carbons (Fsp3) is 0.471. The van der Waals surface area contributed by atoms with Gasteiger partial charge in [0, 0.05) is 12.2 Å². The summed E-state index contributed by atoms with van der Waals surface area (Å²) in [4.78, 5) is 26.8. The van der Waals surface area contributed by atoms with Crippen molar-refractivity contribution in [3.05, 3.63) is 29.8 Å². The normalized spacial score (nSPS) is 22.2. The minimum Gasteiger partial charge on any atom is -0.481 e. The number of carbonyl (C=O) groups excluding carboxylic acids is 1. The summed E-state index contributed by atoms with van der Waals surface area (Å²) in [6.45, 7) is 2.50. The molecule has 2 aliphatic heterocycles. The van der Waals surface area contributed by atoms with Gasteiger partial charge in [-0.1, -0.05) is 0 Å². The average Bonchev–Trinajstić information content (AvgIpc) is 2.95. The summed E-state index contributed by atoms with van der Waals surface area (Å²) in [5.41, 5.74) is 1.26. The Morgan fingerprint density at radius 2 is 1.96 bits per heavy atom. The number of carboxylic acid groups (broad SMARTS) is 1. The van der Waals surface area contributed by atoms with Crippen LogP contribution in [-0.4, -0.2) is 54.4 Å². The van der Waals surface area contributed by atoms with Gasteiger partial charge >= 0.3 is 12.1 Å². The molecule has 7 heteroatoms. The second-order valence-electron chi connectivity index (χ2n) is 6.19. The molecule has 0 bridgehead atoms. The van der Waals surface area contributed by atoms with Crippen molar-refractivity contribution in [1.29, 1.82) is 5.26 Å². The lowest BCUT2D eigenvalue weighted by atomic mass is 9.97. The first kappa shape index (κ1) is 16.3. The number of carbonyl (C=O) groups is 2. The summed E-state index contributed by atoms with van der Waals surface area (Å²) in [5.74, 6) is -0.989. The molecule has 2 aliphatic rings. The first-order chi connectivity index (χ1) is 11.6. The second kappa shape index (κ2) is 6.89. The zero-order chi connectivity index (χ0) is 17.1. The van der Waals surface area contributed by atoms with Gasteiger partial charge in [0.15, 0.2) is 0 Å². The second-order valence-corrected chi connectivity index (χ2v) is 6.19. The van der Waals surface area contributed by atoms with Crippen LogP contribution in [0.5, 0.6) is 0 Å². The smallest absolute Gasteiger partial charge is 0.414 e. The summed E-state index contributed by atoms with van der Waals surface area (Å²) in [6, 6.07) is 8.87. The average molecular weight is 329 g/mol. The summed E-state index contributed by atoms with van der Waals surface area (Å²) in [5, 5.41) is 17.9. The van der Waals surface area contributed by atoms with Gasteiger partial charge in [-0.05, 0) is 50.2 Å². The standard InChI is InChI=1S/C17H19N3O4/c18-9-12-1-3-14(4-2-12)20-11-15(24-17(20)23)10-19-7-5-13(6-8-19)16(21)22/h1-4,13,15H,5-8,10-11H2,(H,21,22)/t15-/m1/s1. The number of amides is 1. The van der Waals surface area contributed by atoms with Crippen LogP contribution >= 0.6 is 0 Å². The van der Waals surface area contributed by atoms with Crippen molar-refractivity contribution < 1.29 is 19.4 Å². The fourth-order valence-electron chi connectivity index (χ4n) is 3.19. The molecule has 0 spiro atoms. The van der Waals surface area contributed by atoms with E-state index in [0.29, 0.717) is 50.3 Å². The third kappa shape index (κ3) is 3.49. The summed E-state index contributed by atoms with van der Waals surface area (Å²) < 4.78 is 5.43. The Bertz CT molecular complexity index is 659. The number of carboxylic acids is 1. The van der Waals surface area contributed by atoms with E-state index in [1.807, 2.05) is 6.07 Å². The molecule has 7 nitrogen and oxygen atoms in total. The third-order valence-electron chi connectivity index (χ3n) is 4.58. The number of likely N-dealkylation sites (tertiary alicyclic amines) is 1. The molecule has 0 aliphatic carbocycles. The van der Waals surface area contributed by atoms with Gasteiger partial charge in [0.05, 0.1) is 24.1 Å². The highest BCUT2D eigenvalue weighted by Crippen LogP contribution is 2.24. The van der Waals surface area contributed by atoms with Gasteiger partial charge in [0.25, 0.3) is 0 Å². The number of cyclic esters (lactones) is 1. The van der Waals surface area contributed by atoms with Gasteiger partial charge in [0.2, 0.25) is 0 Å². The number of nitriles is 1. The minimum absolute atomic E-state index is 0.227. The minimum atomic E-state index is -0.728. The molecule has 2 saturated heterocycles. The van der Waals surface area contributed by atoms with Crippen LogP contribution in [-0.2, 0) is 9.53 Å². The number of hydrogen-bond acceptors (Lipinski definition) is 5. The van der Waals surface area contributed by atoms with Crippen LogP contribution < -0.4 is 4.90 Å². The van der Waals surface area contributed by atoms with E-state index in [9.17, 15) is 9.59 Å². The first-order valence-electron chi connectivity index (χ1n) is 8.00. The molecular weight excluding hydrogens is 310 g/mol. The Kier molecular flexibility index (Phi) is 4.67. The lowest BCUT2D eigenvalue weighted by Gasteiger charge is -2.31. The summed E-state index contributed by atoms with van der Waals surface area (Å²) in [6.07, 6.45) is 0.657. The van der Waals surface area contributed by atoms with Crippen molar-refractivity contribution in [2.45, 2.75) is 18.9 Å². The molecule has 1 aromatic rings. The van der Waals surface area contributed by atoms with E-state index in [1.165, 1.54) is 0 Å². The van der Waals surface area contributed by atoms with Crippen LogP contribution in [0.2, 0.25) is 0 Å². The molecule has 1 atom stereocenters. The van der Waals surface area contributed by atoms with Gasteiger partial charge in [-0.2, -0.15) is 5.26 Å². The highest BCUT2D eigenvalue weighted by atomic mass is 16.6. The van der Waals surface area contributed by atoms with Crippen molar-refractivity contribution in [2.24, 2.45) is 5.92 Å². The first-order valence-corrected chi connectivity index (χ1v) is 8.00. The number of rotatable bonds is 4. The van der Waals surface area contributed by atoms with E-state index in [0.717, 1.165) is 0 Å². The Hall–Kier alpha value is -2.59. The zero-order valence-electron chi connectivity index (χ0n) is 13.2. The van der Waals surface area contributed by atoms with Crippen molar-refractivity contribution >= 4 is 17.7 Å². The molecule has 3 rings (SSSR count). The predicted molar refractivity (Wildman–Crippen MR) is 85.6 cm³/mol. The topological polar surface area (TPSA) is 93.9 Å². The molecular formula is C17H19N3O4. The molecule has 1 N–H and O–H groups in total. The number of aliphatic carboxylic acids is 1. The van der Waals surface area contributed by atoms with Crippen molar-refractivity contribution in [2.75, 3.05) is 31.1 Å². The maximum atomic E-state index is 12.1. The van der Waals surface area contributed by atoms with Gasteiger partial charge < -0.3 is 9.84 Å². The van der Waals surface area contributed by atoms with Crippen molar-refractivity contribution in [1.82, 2.24) is 4.90 Å². The lowest BCUT2D eigenvalue weighted by molar-refractivity contribution is -0.143. The summed E-state index contributed by atoms with van der Waals surface area (Å²) in [7, 11) is 0. The van der Waals surface area contributed by atoms with E-state index in [1.54, 1.807) is 29.2 Å². The number of hydrogen-bond donors (Lipinski definition) is 1. The molecule has 1 aromatic carbocycles. The highest BCUT2D eigenvalue weighted by molar-refractivity contribution is 5.89. The quantitative estimate of drug-likeness (QED) is 0.903. The molecule has 2 fully saturated rings. The van der Waals surface area contributed by atoms with Crippen molar-refractivity contribution in [3.8, 4) is 6.07 Å². The van der Waals surface area contributed by atoms with E-state index in [2.05, 4.69) is 4.90 Å². The lowest BCUT2D eigenvalue weighted by Crippen LogP contribution is -2.41. The molecule has 24 heavy (non-hydrogen) atoms. The number of ether oxygens (including phenoxy) is 1. The van der Waals surface area contributed by atoms with E-state index in [4.69, 9.17) is 15.1 Å². The number of piperidine rings is 1. The molecule has 0 radical (unpaired) electrons.